The Morgan fingerprint density at radius 2 is 1.81 bits per heavy atom. The maximum absolute atomic E-state index is 13.4. The molecule has 5 rings (SSSR count). The smallest absolute Gasteiger partial charge is 0.231 e. The van der Waals surface area contributed by atoms with Crippen molar-refractivity contribution in [3.8, 4) is 16.9 Å². The predicted molar refractivity (Wildman–Crippen MR) is 94.7 cm³/mol. The van der Waals surface area contributed by atoms with Crippen molar-refractivity contribution in [2.75, 3.05) is 6.61 Å². The van der Waals surface area contributed by atoms with Crippen molar-refractivity contribution in [3.63, 3.8) is 0 Å². The van der Waals surface area contributed by atoms with E-state index in [0.29, 0.717) is 12.0 Å². The molecular weight excluding hydrogens is 409 g/mol. The number of para-hydroxylation sites is 1. The Morgan fingerprint density at radius 3 is 2.63 bits per heavy atom. The van der Waals surface area contributed by atoms with E-state index >= 15 is 0 Å². The van der Waals surface area contributed by atoms with Crippen molar-refractivity contribution in [3.05, 3.63) is 83.4 Å². The lowest BCUT2D eigenvalue weighted by molar-refractivity contribution is -0.706. The Morgan fingerprint density at radius 1 is 1.00 bits per heavy atom. The summed E-state index contributed by atoms with van der Waals surface area (Å²) in [6, 6.07) is 14.3. The minimum atomic E-state index is -0.307. The molecule has 0 N–H and O–H groups in total. The maximum atomic E-state index is 13.4. The van der Waals surface area contributed by atoms with Crippen molar-refractivity contribution in [1.29, 1.82) is 0 Å². The van der Waals surface area contributed by atoms with Crippen LogP contribution in [0, 0.1) is 5.82 Å². The molecule has 0 bridgehead atoms. The van der Waals surface area contributed by atoms with Crippen molar-refractivity contribution >= 4 is 5.78 Å². The summed E-state index contributed by atoms with van der Waals surface area (Å²) in [6.45, 7) is 0.727. The minimum absolute atomic E-state index is 0. The Bertz CT molecular complexity index is 1030. The van der Waals surface area contributed by atoms with Crippen LogP contribution in [0.5, 0.6) is 5.75 Å². The third-order valence-corrected chi connectivity index (χ3v) is 5.29. The van der Waals surface area contributed by atoms with E-state index in [1.165, 1.54) is 17.7 Å². The second kappa shape index (κ2) is 6.89. The molecule has 136 valence electrons. The molecule has 0 saturated heterocycles. The van der Waals surface area contributed by atoms with Crippen LogP contribution in [0.25, 0.3) is 11.1 Å². The zero-order valence-corrected chi connectivity index (χ0v) is 16.1. The number of aromatic nitrogens is 1. The maximum Gasteiger partial charge on any atom is 0.231 e. The SMILES string of the molecule is O=C1c2ccc(F)cc2CC1[n+]1ccc(-c2cccc3c2OCC3)cc1.[Br-]. The van der Waals surface area contributed by atoms with E-state index in [4.69, 9.17) is 4.74 Å². The molecule has 1 unspecified atom stereocenters. The average Bonchev–Trinajstić information content (AvgIpc) is 3.26. The van der Waals surface area contributed by atoms with Crippen LogP contribution in [-0.2, 0) is 12.8 Å². The van der Waals surface area contributed by atoms with Crippen LogP contribution >= 0.6 is 0 Å². The van der Waals surface area contributed by atoms with Gasteiger partial charge in [-0.2, -0.15) is 4.57 Å². The van der Waals surface area contributed by atoms with Crippen LogP contribution in [0.3, 0.4) is 0 Å². The second-order valence-electron chi connectivity index (χ2n) is 6.81. The quantitative estimate of drug-likeness (QED) is 0.565. The van der Waals surface area contributed by atoms with Crippen molar-refractivity contribution in [1.82, 2.24) is 0 Å². The van der Waals surface area contributed by atoms with Gasteiger partial charge >= 0.3 is 0 Å². The highest BCUT2D eigenvalue weighted by molar-refractivity contribution is 6.02. The first-order valence-corrected chi connectivity index (χ1v) is 8.79. The molecule has 2 aliphatic rings. The number of fused-ring (bicyclic) bond motifs is 2. The van der Waals surface area contributed by atoms with E-state index in [9.17, 15) is 9.18 Å². The molecule has 1 aliphatic carbocycles. The summed E-state index contributed by atoms with van der Waals surface area (Å²) in [5.41, 5.74) is 4.79. The summed E-state index contributed by atoms with van der Waals surface area (Å²) in [7, 11) is 0. The number of Topliss-reactive ketones (excluding diaryl/α,β-unsaturated/α-hetero) is 1. The van der Waals surface area contributed by atoms with Gasteiger partial charge in [0.15, 0.2) is 12.4 Å². The molecule has 3 aromatic rings. The number of ketones is 1. The van der Waals surface area contributed by atoms with Crippen molar-refractivity contribution < 1.29 is 35.5 Å². The summed E-state index contributed by atoms with van der Waals surface area (Å²) in [4.78, 5) is 12.7. The fraction of sp³-hybridized carbons (Fsp3) is 0.182. The fourth-order valence-electron chi connectivity index (χ4n) is 3.96. The first kappa shape index (κ1) is 17.9. The number of ether oxygens (including phenoxy) is 1. The van der Waals surface area contributed by atoms with E-state index in [0.717, 1.165) is 35.5 Å². The Labute approximate surface area is 167 Å². The normalized spacial score (nSPS) is 17.1. The van der Waals surface area contributed by atoms with Gasteiger partial charge in [0.2, 0.25) is 11.8 Å². The van der Waals surface area contributed by atoms with Crippen LogP contribution in [0.4, 0.5) is 4.39 Å². The summed E-state index contributed by atoms with van der Waals surface area (Å²) >= 11 is 0. The van der Waals surface area contributed by atoms with Gasteiger partial charge in [-0.3, -0.25) is 4.79 Å². The fourth-order valence-corrected chi connectivity index (χ4v) is 3.96. The molecule has 0 spiro atoms. The predicted octanol–water partition coefficient (Wildman–Crippen LogP) is 0.699. The van der Waals surface area contributed by atoms with E-state index in [-0.39, 0.29) is 34.6 Å². The number of benzene rings is 2. The third kappa shape index (κ3) is 2.96. The average molecular weight is 426 g/mol. The number of carbonyl (C=O) groups excluding carboxylic acids is 1. The standard InChI is InChI=1S/C22H17FNO2.BrH/c23-17-4-5-18-16(12-17)13-20(21(18)25)24-9-6-14(7-10-24)19-3-1-2-15-8-11-26-22(15)19;/h1-7,9-10,12,20H,8,11,13H2;1H/q+1;/p-1. The van der Waals surface area contributed by atoms with Crippen LogP contribution < -0.4 is 26.3 Å². The zero-order valence-electron chi connectivity index (χ0n) is 14.5. The number of carbonyl (C=O) groups is 1. The number of hydrogen-bond donors (Lipinski definition) is 0. The highest BCUT2D eigenvalue weighted by atomic mass is 79.9. The van der Waals surface area contributed by atoms with Gasteiger partial charge in [-0.05, 0) is 34.9 Å². The van der Waals surface area contributed by atoms with Crippen molar-refractivity contribution in [2.45, 2.75) is 18.9 Å². The van der Waals surface area contributed by atoms with Gasteiger partial charge in [0.1, 0.15) is 11.6 Å². The molecule has 5 heteroatoms. The number of halogens is 2. The number of hydrogen-bond acceptors (Lipinski definition) is 2. The first-order valence-electron chi connectivity index (χ1n) is 8.79. The molecule has 27 heavy (non-hydrogen) atoms. The third-order valence-electron chi connectivity index (χ3n) is 5.29. The zero-order chi connectivity index (χ0) is 17.7. The molecular formula is C22H17BrFNO2. The molecule has 1 aliphatic heterocycles. The molecule has 0 fully saturated rings. The lowest BCUT2D eigenvalue weighted by Gasteiger charge is -2.08. The van der Waals surface area contributed by atoms with E-state index in [2.05, 4.69) is 18.2 Å². The van der Waals surface area contributed by atoms with Gasteiger partial charge in [0.25, 0.3) is 0 Å². The molecule has 3 nitrogen and oxygen atoms in total. The van der Waals surface area contributed by atoms with E-state index in [1.807, 2.05) is 29.1 Å². The van der Waals surface area contributed by atoms with Crippen molar-refractivity contribution in [2.24, 2.45) is 0 Å². The van der Waals surface area contributed by atoms with E-state index < -0.39 is 0 Å². The molecule has 1 atom stereocenters. The van der Waals surface area contributed by atoms with Crippen LogP contribution in [0.2, 0.25) is 0 Å². The summed E-state index contributed by atoms with van der Waals surface area (Å²) in [5.74, 6) is 0.710. The lowest BCUT2D eigenvalue weighted by atomic mass is 10.0. The molecule has 2 heterocycles. The van der Waals surface area contributed by atoms with Gasteiger partial charge in [0, 0.05) is 36.1 Å². The van der Waals surface area contributed by atoms with Crippen LogP contribution in [0.15, 0.2) is 60.9 Å². The van der Waals surface area contributed by atoms with Gasteiger partial charge < -0.3 is 21.7 Å². The second-order valence-corrected chi connectivity index (χ2v) is 6.81. The summed E-state index contributed by atoms with van der Waals surface area (Å²) in [6.07, 6.45) is 5.32. The van der Waals surface area contributed by atoms with Gasteiger partial charge in [0.05, 0.1) is 6.61 Å². The molecule has 1 aromatic heterocycles. The summed E-state index contributed by atoms with van der Waals surface area (Å²) in [5, 5.41) is 0. The van der Waals surface area contributed by atoms with Gasteiger partial charge in [-0.15, -0.1) is 0 Å². The number of rotatable bonds is 2. The largest absolute Gasteiger partial charge is 1.00 e. The molecule has 0 saturated carbocycles. The van der Waals surface area contributed by atoms with Crippen LogP contribution in [-0.4, -0.2) is 12.4 Å². The highest BCUT2D eigenvalue weighted by Crippen LogP contribution is 2.36. The number of nitrogens with zero attached hydrogens (tertiary/aromatic N) is 1. The summed E-state index contributed by atoms with van der Waals surface area (Å²) < 4.78 is 21.1. The molecule has 2 aromatic carbocycles. The number of pyridine rings is 1. The topological polar surface area (TPSA) is 30.2 Å². The Hall–Kier alpha value is -2.53. The van der Waals surface area contributed by atoms with Crippen LogP contribution in [0.1, 0.15) is 27.5 Å². The Balaban J connectivity index is 0.00000180. The molecule has 0 amide bonds. The highest BCUT2D eigenvalue weighted by Gasteiger charge is 2.37. The molecule has 0 radical (unpaired) electrons. The Kier molecular flexibility index (Phi) is 4.56. The first-order chi connectivity index (χ1) is 12.7. The lowest BCUT2D eigenvalue weighted by Crippen LogP contribution is -3.00. The monoisotopic (exact) mass is 425 g/mol. The minimum Gasteiger partial charge on any atom is -1.00 e. The van der Waals surface area contributed by atoms with Gasteiger partial charge in [-0.1, -0.05) is 18.2 Å². The van der Waals surface area contributed by atoms with Gasteiger partial charge in [-0.25, -0.2) is 4.39 Å². The van der Waals surface area contributed by atoms with E-state index in [1.54, 1.807) is 6.07 Å².